The summed E-state index contributed by atoms with van der Waals surface area (Å²) in [6, 6.07) is 5.09. The van der Waals surface area contributed by atoms with Gasteiger partial charge in [-0.15, -0.1) is 0 Å². The van der Waals surface area contributed by atoms with Gasteiger partial charge in [0.15, 0.2) is 5.06 Å². The Labute approximate surface area is 78.2 Å². The number of halogens is 1. The Balaban J connectivity index is 2.93. The lowest BCUT2D eigenvalue weighted by atomic mass is 10.2. The minimum Gasteiger partial charge on any atom is -0.499 e. The summed E-state index contributed by atoms with van der Waals surface area (Å²) in [5, 5.41) is 10.9. The van der Waals surface area contributed by atoms with E-state index in [1.54, 1.807) is 18.2 Å². The van der Waals surface area contributed by atoms with Crippen LogP contribution in [0.2, 0.25) is 5.02 Å². The minimum atomic E-state index is 0.241. The topological polar surface area (TPSA) is 46.2 Å². The summed E-state index contributed by atoms with van der Waals surface area (Å²) in [6.45, 7) is 0. The molecular formula is C8H6ClNOS. The maximum absolute atomic E-state index is 9.21. The standard InChI is InChI=1S/C8H6ClNOS/c9-5-1-2-6(10)8-4(5)3-7(11)12-8/h1-3,11H,10H2. The van der Waals surface area contributed by atoms with Crippen LogP contribution in [0.15, 0.2) is 18.2 Å². The highest BCUT2D eigenvalue weighted by molar-refractivity contribution is 7.21. The molecule has 0 aliphatic rings. The molecule has 0 aliphatic heterocycles. The number of nitrogens with two attached hydrogens (primary N) is 1. The van der Waals surface area contributed by atoms with Crippen molar-refractivity contribution in [2.24, 2.45) is 0 Å². The van der Waals surface area contributed by atoms with Crippen LogP contribution < -0.4 is 5.73 Å². The molecule has 4 heteroatoms. The van der Waals surface area contributed by atoms with Crippen LogP contribution in [0, 0.1) is 0 Å². The summed E-state index contributed by atoms with van der Waals surface area (Å²) in [6.07, 6.45) is 0. The molecule has 1 heterocycles. The predicted molar refractivity (Wildman–Crippen MR) is 52.9 cm³/mol. The van der Waals surface area contributed by atoms with E-state index in [4.69, 9.17) is 17.3 Å². The monoisotopic (exact) mass is 199 g/mol. The van der Waals surface area contributed by atoms with Gasteiger partial charge < -0.3 is 10.8 Å². The van der Waals surface area contributed by atoms with Crippen LogP contribution in [0.4, 0.5) is 5.69 Å². The van der Waals surface area contributed by atoms with Crippen molar-refractivity contribution in [2.75, 3.05) is 5.73 Å². The molecule has 0 spiro atoms. The number of benzene rings is 1. The lowest BCUT2D eigenvalue weighted by molar-refractivity contribution is 0.491. The minimum absolute atomic E-state index is 0.241. The van der Waals surface area contributed by atoms with Crippen LogP contribution in [0.3, 0.4) is 0 Å². The fourth-order valence-electron chi connectivity index (χ4n) is 1.10. The first-order valence-electron chi connectivity index (χ1n) is 3.35. The van der Waals surface area contributed by atoms with Gasteiger partial charge >= 0.3 is 0 Å². The van der Waals surface area contributed by atoms with Crippen LogP contribution >= 0.6 is 22.9 Å². The molecule has 3 N–H and O–H groups in total. The summed E-state index contributed by atoms with van der Waals surface area (Å²) >= 11 is 7.12. The van der Waals surface area contributed by atoms with Gasteiger partial charge in [0.25, 0.3) is 0 Å². The molecule has 0 unspecified atom stereocenters. The van der Waals surface area contributed by atoms with Gasteiger partial charge in [0.1, 0.15) is 0 Å². The first-order chi connectivity index (χ1) is 5.68. The van der Waals surface area contributed by atoms with Crippen molar-refractivity contribution >= 4 is 38.7 Å². The van der Waals surface area contributed by atoms with Crippen molar-refractivity contribution in [1.29, 1.82) is 0 Å². The van der Waals surface area contributed by atoms with E-state index in [2.05, 4.69) is 0 Å². The fourth-order valence-corrected chi connectivity index (χ4v) is 2.22. The van der Waals surface area contributed by atoms with Crippen molar-refractivity contribution in [3.8, 4) is 5.06 Å². The SMILES string of the molecule is Nc1ccc(Cl)c2cc(O)sc12. The first-order valence-corrected chi connectivity index (χ1v) is 4.54. The molecule has 0 atom stereocenters. The van der Waals surface area contributed by atoms with Gasteiger partial charge in [-0.05, 0) is 12.1 Å². The maximum Gasteiger partial charge on any atom is 0.172 e. The lowest BCUT2D eigenvalue weighted by Crippen LogP contribution is -1.82. The second kappa shape index (κ2) is 2.54. The van der Waals surface area contributed by atoms with E-state index in [1.807, 2.05) is 0 Å². The van der Waals surface area contributed by atoms with Gasteiger partial charge in [-0.1, -0.05) is 22.9 Å². The molecule has 0 saturated carbocycles. The molecule has 1 aromatic carbocycles. The average Bonchev–Trinajstić information content (AvgIpc) is 2.41. The van der Waals surface area contributed by atoms with Crippen LogP contribution in [-0.4, -0.2) is 5.11 Å². The molecule has 2 rings (SSSR count). The lowest BCUT2D eigenvalue weighted by Gasteiger charge is -1.95. The first kappa shape index (κ1) is 7.71. The zero-order valence-electron chi connectivity index (χ0n) is 6.04. The number of hydrogen-bond acceptors (Lipinski definition) is 3. The molecule has 0 aliphatic carbocycles. The van der Waals surface area contributed by atoms with E-state index in [0.29, 0.717) is 10.7 Å². The summed E-state index contributed by atoms with van der Waals surface area (Å²) in [5.74, 6) is 0. The average molecular weight is 200 g/mol. The molecular weight excluding hydrogens is 194 g/mol. The second-order valence-electron chi connectivity index (χ2n) is 2.46. The van der Waals surface area contributed by atoms with Gasteiger partial charge in [0, 0.05) is 22.2 Å². The zero-order valence-corrected chi connectivity index (χ0v) is 7.62. The highest BCUT2D eigenvalue weighted by Gasteiger charge is 2.06. The van der Waals surface area contributed by atoms with E-state index in [1.165, 1.54) is 11.3 Å². The number of fused-ring (bicyclic) bond motifs is 1. The second-order valence-corrected chi connectivity index (χ2v) is 3.90. The summed E-state index contributed by atoms with van der Waals surface area (Å²) < 4.78 is 0.847. The molecule has 62 valence electrons. The Hall–Kier alpha value is -0.930. The van der Waals surface area contributed by atoms with E-state index in [-0.39, 0.29) is 5.06 Å². The van der Waals surface area contributed by atoms with Crippen molar-refractivity contribution in [1.82, 2.24) is 0 Å². The fraction of sp³-hybridized carbons (Fsp3) is 0. The Morgan fingerprint density at radius 3 is 2.83 bits per heavy atom. The number of thiophene rings is 1. The smallest absolute Gasteiger partial charge is 0.172 e. The van der Waals surface area contributed by atoms with Crippen molar-refractivity contribution in [2.45, 2.75) is 0 Å². The van der Waals surface area contributed by atoms with Gasteiger partial charge in [0.05, 0.1) is 4.70 Å². The zero-order chi connectivity index (χ0) is 8.72. The van der Waals surface area contributed by atoms with E-state index in [9.17, 15) is 5.11 Å². The number of rotatable bonds is 0. The van der Waals surface area contributed by atoms with E-state index < -0.39 is 0 Å². The molecule has 0 radical (unpaired) electrons. The molecule has 12 heavy (non-hydrogen) atoms. The third kappa shape index (κ3) is 1.02. The highest BCUT2D eigenvalue weighted by Crippen LogP contribution is 2.38. The van der Waals surface area contributed by atoms with Crippen molar-refractivity contribution in [3.63, 3.8) is 0 Å². The van der Waals surface area contributed by atoms with Crippen LogP contribution in [0.1, 0.15) is 0 Å². The van der Waals surface area contributed by atoms with Gasteiger partial charge in [-0.2, -0.15) is 0 Å². The molecule has 0 bridgehead atoms. The largest absolute Gasteiger partial charge is 0.499 e. The molecule has 0 amide bonds. The van der Waals surface area contributed by atoms with Crippen LogP contribution in [0.5, 0.6) is 5.06 Å². The Morgan fingerprint density at radius 1 is 1.42 bits per heavy atom. The Kier molecular flexibility index (Phi) is 1.63. The summed E-state index contributed by atoms with van der Waals surface area (Å²) in [7, 11) is 0. The number of nitrogen functional groups attached to an aromatic ring is 1. The maximum atomic E-state index is 9.21. The Morgan fingerprint density at radius 2 is 2.17 bits per heavy atom. The number of hydrogen-bond donors (Lipinski definition) is 2. The third-order valence-electron chi connectivity index (χ3n) is 1.65. The molecule has 1 aromatic heterocycles. The quantitative estimate of drug-likeness (QED) is 0.641. The van der Waals surface area contributed by atoms with Crippen LogP contribution in [-0.2, 0) is 0 Å². The third-order valence-corrected chi connectivity index (χ3v) is 2.96. The molecule has 0 saturated heterocycles. The molecule has 0 fully saturated rings. The molecule has 2 aromatic rings. The van der Waals surface area contributed by atoms with E-state index in [0.717, 1.165) is 10.1 Å². The molecule has 2 nitrogen and oxygen atoms in total. The van der Waals surface area contributed by atoms with Crippen LogP contribution in [0.25, 0.3) is 10.1 Å². The number of anilines is 1. The normalized spacial score (nSPS) is 10.8. The van der Waals surface area contributed by atoms with Gasteiger partial charge in [0.2, 0.25) is 0 Å². The predicted octanol–water partition coefficient (Wildman–Crippen LogP) is 2.84. The van der Waals surface area contributed by atoms with Crippen molar-refractivity contribution in [3.05, 3.63) is 23.2 Å². The number of aromatic hydroxyl groups is 1. The van der Waals surface area contributed by atoms with Crippen molar-refractivity contribution < 1.29 is 5.11 Å². The van der Waals surface area contributed by atoms with Gasteiger partial charge in [-0.25, -0.2) is 0 Å². The van der Waals surface area contributed by atoms with E-state index >= 15 is 0 Å². The highest BCUT2D eigenvalue weighted by atomic mass is 35.5. The Bertz CT molecular complexity index is 399. The summed E-state index contributed by atoms with van der Waals surface area (Å²) in [5.41, 5.74) is 6.33. The van der Waals surface area contributed by atoms with Gasteiger partial charge in [-0.3, -0.25) is 0 Å². The summed E-state index contributed by atoms with van der Waals surface area (Å²) in [4.78, 5) is 0.